The Morgan fingerprint density at radius 2 is 1.56 bits per heavy atom. The summed E-state index contributed by atoms with van der Waals surface area (Å²) in [6.45, 7) is 1.14. The van der Waals surface area contributed by atoms with Crippen molar-refractivity contribution < 1.29 is 26.4 Å². The Labute approximate surface area is 205 Å². The highest BCUT2D eigenvalue weighted by atomic mass is 32.2. The Balaban J connectivity index is 1.58. The standard InChI is InChI=1S/C25H21F3N4O3S/c1-16-22(30-31-23(16)25(26,27)28)24(33)29-17-12-14-19(15-13-17)36(34,35)21-11-7-6-10-20(21)32(2)18-8-4-3-5-9-18/h3-15H,1-2H3,(H,29,33)(H,30,31). The second-order valence-corrected chi connectivity index (χ2v) is 9.83. The van der Waals surface area contributed by atoms with E-state index in [2.05, 4.69) is 10.4 Å². The maximum Gasteiger partial charge on any atom is 0.433 e. The Morgan fingerprint density at radius 1 is 0.944 bits per heavy atom. The molecule has 0 aliphatic carbocycles. The lowest BCUT2D eigenvalue weighted by Gasteiger charge is -2.22. The van der Waals surface area contributed by atoms with Gasteiger partial charge >= 0.3 is 6.18 Å². The summed E-state index contributed by atoms with van der Waals surface area (Å²) in [6.07, 6.45) is -4.67. The van der Waals surface area contributed by atoms with Crippen LogP contribution in [0, 0.1) is 6.92 Å². The Kier molecular flexibility index (Phi) is 6.59. The fraction of sp³-hybridized carbons (Fsp3) is 0.120. The third-order valence-electron chi connectivity index (χ3n) is 5.59. The number of amides is 1. The Hall–Kier alpha value is -4.12. The van der Waals surface area contributed by atoms with E-state index in [1.54, 1.807) is 30.1 Å². The van der Waals surface area contributed by atoms with Crippen molar-refractivity contribution in [3.8, 4) is 0 Å². The monoisotopic (exact) mass is 514 g/mol. The molecule has 0 aliphatic rings. The number of hydrogen-bond acceptors (Lipinski definition) is 5. The number of rotatable bonds is 6. The second-order valence-electron chi connectivity index (χ2n) is 7.91. The highest BCUT2D eigenvalue weighted by molar-refractivity contribution is 7.91. The van der Waals surface area contributed by atoms with Gasteiger partial charge in [0.25, 0.3) is 5.91 Å². The van der Waals surface area contributed by atoms with Crippen LogP contribution >= 0.6 is 0 Å². The Morgan fingerprint density at radius 3 is 2.17 bits per heavy atom. The predicted octanol–water partition coefficient (Wildman–Crippen LogP) is 5.59. The van der Waals surface area contributed by atoms with E-state index >= 15 is 0 Å². The van der Waals surface area contributed by atoms with Gasteiger partial charge in [-0.25, -0.2) is 8.42 Å². The van der Waals surface area contributed by atoms with Gasteiger partial charge in [0.1, 0.15) is 5.69 Å². The maximum atomic E-state index is 13.5. The van der Waals surface area contributed by atoms with Crippen LogP contribution in [-0.4, -0.2) is 31.6 Å². The van der Waals surface area contributed by atoms with E-state index in [9.17, 15) is 26.4 Å². The zero-order valence-electron chi connectivity index (χ0n) is 19.2. The molecule has 0 aliphatic heterocycles. The number of alkyl halides is 3. The Bertz CT molecular complexity index is 1500. The van der Waals surface area contributed by atoms with Crippen LogP contribution in [0.25, 0.3) is 0 Å². The minimum Gasteiger partial charge on any atom is -0.344 e. The summed E-state index contributed by atoms with van der Waals surface area (Å²) in [5, 5.41) is 7.74. The molecule has 1 aromatic heterocycles. The summed E-state index contributed by atoms with van der Waals surface area (Å²) < 4.78 is 65.8. The first kappa shape index (κ1) is 25.0. The zero-order valence-corrected chi connectivity index (χ0v) is 20.0. The van der Waals surface area contributed by atoms with Crippen LogP contribution in [0.1, 0.15) is 21.7 Å². The number of aromatic nitrogens is 2. The first-order valence-electron chi connectivity index (χ1n) is 10.7. The number of aromatic amines is 1. The van der Waals surface area contributed by atoms with Crippen molar-refractivity contribution in [2.45, 2.75) is 22.9 Å². The average molecular weight is 515 g/mol. The number of hydrogen-bond donors (Lipinski definition) is 2. The molecule has 11 heteroatoms. The van der Waals surface area contributed by atoms with Crippen molar-refractivity contribution in [1.82, 2.24) is 10.2 Å². The maximum absolute atomic E-state index is 13.5. The molecule has 36 heavy (non-hydrogen) atoms. The number of halogens is 3. The molecular formula is C25H21F3N4O3S. The molecule has 4 rings (SSSR count). The molecule has 0 unspecified atom stereocenters. The van der Waals surface area contributed by atoms with Gasteiger partial charge in [0.2, 0.25) is 9.84 Å². The molecule has 4 aromatic rings. The van der Waals surface area contributed by atoms with Crippen LogP contribution in [0.4, 0.5) is 30.2 Å². The molecule has 0 fully saturated rings. The molecule has 2 N–H and O–H groups in total. The number of carbonyl (C=O) groups excluding carboxylic acids is 1. The van der Waals surface area contributed by atoms with E-state index in [1.165, 1.54) is 30.3 Å². The lowest BCUT2D eigenvalue weighted by Crippen LogP contribution is -2.15. The van der Waals surface area contributed by atoms with Gasteiger partial charge in [-0.05, 0) is 55.5 Å². The molecule has 0 radical (unpaired) electrons. The molecule has 3 aromatic carbocycles. The van der Waals surface area contributed by atoms with Gasteiger partial charge in [0.05, 0.1) is 15.5 Å². The SMILES string of the molecule is Cc1c(C(=O)Nc2ccc(S(=O)(=O)c3ccccc3N(C)c3ccccc3)cc2)n[nH]c1C(F)(F)F. The minimum atomic E-state index is -4.67. The molecule has 0 saturated carbocycles. The molecule has 0 saturated heterocycles. The van der Waals surface area contributed by atoms with Gasteiger partial charge in [-0.3, -0.25) is 9.89 Å². The van der Waals surface area contributed by atoms with Gasteiger partial charge < -0.3 is 10.2 Å². The van der Waals surface area contributed by atoms with Crippen LogP contribution < -0.4 is 10.2 Å². The van der Waals surface area contributed by atoms with Gasteiger partial charge in [-0.15, -0.1) is 0 Å². The highest BCUT2D eigenvalue weighted by Crippen LogP contribution is 2.34. The van der Waals surface area contributed by atoms with Crippen molar-refractivity contribution in [2.24, 2.45) is 0 Å². The van der Waals surface area contributed by atoms with Crippen LogP contribution in [-0.2, 0) is 16.0 Å². The highest BCUT2D eigenvalue weighted by Gasteiger charge is 2.37. The largest absolute Gasteiger partial charge is 0.433 e. The molecule has 1 amide bonds. The molecular weight excluding hydrogens is 493 g/mol. The molecule has 7 nitrogen and oxygen atoms in total. The summed E-state index contributed by atoms with van der Waals surface area (Å²) >= 11 is 0. The summed E-state index contributed by atoms with van der Waals surface area (Å²) in [6, 6.07) is 21.2. The lowest BCUT2D eigenvalue weighted by molar-refractivity contribution is -0.141. The normalized spacial score (nSPS) is 11.8. The molecule has 0 bridgehead atoms. The molecule has 0 atom stereocenters. The van der Waals surface area contributed by atoms with Gasteiger partial charge in [0.15, 0.2) is 5.69 Å². The van der Waals surface area contributed by atoms with E-state index in [4.69, 9.17) is 0 Å². The average Bonchev–Trinajstić information content (AvgIpc) is 3.26. The van der Waals surface area contributed by atoms with E-state index in [-0.39, 0.29) is 21.0 Å². The fourth-order valence-electron chi connectivity index (χ4n) is 3.68. The topological polar surface area (TPSA) is 95.2 Å². The van der Waals surface area contributed by atoms with Crippen molar-refractivity contribution in [3.63, 3.8) is 0 Å². The molecule has 0 spiro atoms. The van der Waals surface area contributed by atoms with Crippen molar-refractivity contribution in [3.05, 3.63) is 95.8 Å². The first-order valence-corrected chi connectivity index (χ1v) is 12.1. The zero-order chi connectivity index (χ0) is 26.1. The summed E-state index contributed by atoms with van der Waals surface area (Å²) in [7, 11) is -2.17. The van der Waals surface area contributed by atoms with Crippen LogP contribution in [0.5, 0.6) is 0 Å². The molecule has 1 heterocycles. The quantitative estimate of drug-likeness (QED) is 0.350. The summed E-state index contributed by atoms with van der Waals surface area (Å²) in [4.78, 5) is 14.3. The number of H-pyrrole nitrogens is 1. The van der Waals surface area contributed by atoms with Crippen LogP contribution in [0.3, 0.4) is 0 Å². The number of benzene rings is 3. The molecule has 186 valence electrons. The number of nitrogens with zero attached hydrogens (tertiary/aromatic N) is 2. The first-order chi connectivity index (χ1) is 17.0. The summed E-state index contributed by atoms with van der Waals surface area (Å²) in [5.41, 5.74) is -0.357. The smallest absolute Gasteiger partial charge is 0.344 e. The van der Waals surface area contributed by atoms with E-state index in [1.807, 2.05) is 35.4 Å². The second kappa shape index (κ2) is 9.50. The predicted molar refractivity (Wildman–Crippen MR) is 129 cm³/mol. The number of anilines is 3. The van der Waals surface area contributed by atoms with Gasteiger partial charge in [-0.1, -0.05) is 30.3 Å². The van der Waals surface area contributed by atoms with E-state index in [0.717, 1.165) is 12.6 Å². The third-order valence-corrected chi connectivity index (χ3v) is 7.41. The lowest BCUT2D eigenvalue weighted by atomic mass is 10.2. The van der Waals surface area contributed by atoms with Gasteiger partial charge in [-0.2, -0.15) is 18.3 Å². The van der Waals surface area contributed by atoms with E-state index < -0.39 is 33.3 Å². The third kappa shape index (κ3) is 4.82. The minimum absolute atomic E-state index is 0.00952. The van der Waals surface area contributed by atoms with Crippen molar-refractivity contribution in [1.29, 1.82) is 0 Å². The number of para-hydroxylation sites is 2. The van der Waals surface area contributed by atoms with Crippen LogP contribution in [0.15, 0.2) is 88.7 Å². The van der Waals surface area contributed by atoms with Gasteiger partial charge in [0, 0.05) is 24.0 Å². The van der Waals surface area contributed by atoms with Crippen molar-refractivity contribution in [2.75, 3.05) is 17.3 Å². The number of carbonyl (C=O) groups is 1. The number of sulfone groups is 1. The van der Waals surface area contributed by atoms with Crippen LogP contribution in [0.2, 0.25) is 0 Å². The summed E-state index contributed by atoms with van der Waals surface area (Å²) in [5.74, 6) is -0.857. The van der Waals surface area contributed by atoms with Crippen molar-refractivity contribution >= 4 is 32.8 Å². The number of nitrogens with one attached hydrogen (secondary N) is 2. The fourth-order valence-corrected chi connectivity index (χ4v) is 5.17. The van der Waals surface area contributed by atoms with E-state index in [0.29, 0.717) is 5.69 Å².